The van der Waals surface area contributed by atoms with Gasteiger partial charge in [0.25, 0.3) is 0 Å². The number of esters is 1. The zero-order chi connectivity index (χ0) is 26.2. The molecule has 1 aromatic heterocycles. The molecule has 0 bridgehead atoms. The van der Waals surface area contributed by atoms with Gasteiger partial charge in [0.05, 0.1) is 0 Å². The molecular formula is C29H28AsNO6. The zero-order valence-electron chi connectivity index (χ0n) is 20.6. The second kappa shape index (κ2) is 12.4. The normalized spacial score (nSPS) is 11.9. The Labute approximate surface area is 222 Å². The van der Waals surface area contributed by atoms with Crippen LogP contribution in [-0.4, -0.2) is 51.5 Å². The molecule has 3 aromatic carbocycles. The summed E-state index contributed by atoms with van der Waals surface area (Å²) in [6.45, 7) is 2.34. The van der Waals surface area contributed by atoms with Gasteiger partial charge < -0.3 is 0 Å². The van der Waals surface area contributed by atoms with Crippen LogP contribution in [0.25, 0.3) is 11.5 Å². The topological polar surface area (TPSA) is 98.9 Å². The fourth-order valence-corrected chi connectivity index (χ4v) is 6.75. The summed E-state index contributed by atoms with van der Waals surface area (Å²) in [6, 6.07) is 24.3. The maximum absolute atomic E-state index is 12.1. The molecule has 0 aliphatic heterocycles. The third-order valence-electron chi connectivity index (χ3n) is 5.84. The SMILES string of the molecule is COC(=O)c1ccccc1[AsH][C@@H](Cc1ccc(OCCc2nc(-c3ccccc3)oc2C)cc1)C(=O)O. The van der Waals surface area contributed by atoms with Gasteiger partial charge >= 0.3 is 187 Å². The molecule has 8 heteroatoms. The molecule has 0 aliphatic carbocycles. The van der Waals surface area contributed by atoms with Crippen LogP contribution < -0.4 is 9.09 Å². The number of ether oxygens (including phenoxy) is 2. The van der Waals surface area contributed by atoms with E-state index in [4.69, 9.17) is 13.9 Å². The van der Waals surface area contributed by atoms with Crippen LogP contribution in [0.15, 0.2) is 83.3 Å². The van der Waals surface area contributed by atoms with Crippen molar-refractivity contribution in [1.82, 2.24) is 4.98 Å². The van der Waals surface area contributed by atoms with Gasteiger partial charge in [0.2, 0.25) is 0 Å². The van der Waals surface area contributed by atoms with Gasteiger partial charge in [-0.25, -0.2) is 0 Å². The molecule has 4 aromatic rings. The van der Waals surface area contributed by atoms with Crippen molar-refractivity contribution in [2.75, 3.05) is 13.7 Å². The van der Waals surface area contributed by atoms with Crippen molar-refractivity contribution in [3.8, 4) is 17.2 Å². The summed E-state index contributed by atoms with van der Waals surface area (Å²) in [7, 11) is 1.33. The number of oxazole rings is 1. The average Bonchev–Trinajstić information content (AvgIpc) is 3.29. The van der Waals surface area contributed by atoms with E-state index >= 15 is 0 Å². The molecular weight excluding hydrogens is 533 g/mol. The van der Waals surface area contributed by atoms with Gasteiger partial charge in [-0.3, -0.25) is 0 Å². The van der Waals surface area contributed by atoms with Gasteiger partial charge in [-0.05, 0) is 12.1 Å². The minimum absolute atomic E-state index is 0.380. The second-order valence-corrected chi connectivity index (χ2v) is 11.6. The van der Waals surface area contributed by atoms with Crippen LogP contribution in [0.1, 0.15) is 27.4 Å². The van der Waals surface area contributed by atoms with E-state index in [9.17, 15) is 14.7 Å². The standard InChI is InChI=1S/C29H28AsNO6/c1-19-26(31-27(37-19)21-8-4-3-5-9-21)16-17-36-22-14-12-20(13-15-22)18-25(28(32)33)30-24-11-7-6-10-23(24)29(34)35-2/h3-15,25,30H,16-18H2,1-2H3,(H,32,33)/t25-/m0/s1. The van der Waals surface area contributed by atoms with Crippen molar-refractivity contribution in [3.05, 3.63) is 101 Å². The molecule has 1 N–H and O–H groups in total. The Morgan fingerprint density at radius 2 is 1.70 bits per heavy atom. The second-order valence-electron chi connectivity index (χ2n) is 8.41. The van der Waals surface area contributed by atoms with E-state index in [-0.39, 0.29) is 0 Å². The quantitative estimate of drug-likeness (QED) is 0.216. The number of aryl methyl sites for hydroxylation is 1. The maximum atomic E-state index is 12.1. The van der Waals surface area contributed by atoms with Crippen LogP contribution >= 0.6 is 0 Å². The zero-order valence-corrected chi connectivity index (χ0v) is 22.7. The Bertz CT molecular complexity index is 1350. The average molecular weight is 561 g/mol. The van der Waals surface area contributed by atoms with Crippen LogP contribution in [0.3, 0.4) is 0 Å². The third-order valence-corrected chi connectivity index (χ3v) is 9.09. The summed E-state index contributed by atoms with van der Waals surface area (Å²) < 4.78 is 16.8. The number of hydrogen-bond donors (Lipinski definition) is 1. The summed E-state index contributed by atoms with van der Waals surface area (Å²) >= 11 is -1.14. The monoisotopic (exact) mass is 561 g/mol. The molecule has 0 saturated carbocycles. The molecule has 0 radical (unpaired) electrons. The first kappa shape index (κ1) is 26.2. The van der Waals surface area contributed by atoms with Gasteiger partial charge in [-0.15, -0.1) is 0 Å². The third kappa shape index (κ3) is 6.89. The molecule has 2 atom stereocenters. The van der Waals surface area contributed by atoms with Crippen molar-refractivity contribution in [3.63, 3.8) is 0 Å². The summed E-state index contributed by atoms with van der Waals surface area (Å²) in [5, 5.41) is 9.84. The summed E-state index contributed by atoms with van der Waals surface area (Å²) in [6.07, 6.45) is 0.987. The van der Waals surface area contributed by atoms with Crippen LogP contribution in [-0.2, 0) is 22.4 Å². The Morgan fingerprint density at radius 3 is 2.41 bits per heavy atom. The van der Waals surface area contributed by atoms with Crippen molar-refractivity contribution in [1.29, 1.82) is 0 Å². The van der Waals surface area contributed by atoms with E-state index < -0.39 is 32.4 Å². The molecule has 0 aliphatic rings. The van der Waals surface area contributed by atoms with Gasteiger partial charge in [0.15, 0.2) is 0 Å². The van der Waals surface area contributed by atoms with Crippen molar-refractivity contribution in [2.45, 2.75) is 24.5 Å². The number of aliphatic carboxylic acids is 1. The Kier molecular flexibility index (Phi) is 8.80. The number of methoxy groups -OCH3 is 1. The Balaban J connectivity index is 1.34. The Morgan fingerprint density at radius 1 is 1.00 bits per heavy atom. The van der Waals surface area contributed by atoms with E-state index in [2.05, 4.69) is 4.98 Å². The molecule has 7 nitrogen and oxygen atoms in total. The van der Waals surface area contributed by atoms with Crippen LogP contribution in [0.4, 0.5) is 0 Å². The van der Waals surface area contributed by atoms with E-state index in [1.54, 1.807) is 12.1 Å². The molecule has 4 rings (SSSR count). The summed E-state index contributed by atoms with van der Waals surface area (Å²) in [5.74, 6) is 0.768. The van der Waals surface area contributed by atoms with E-state index in [1.807, 2.05) is 73.7 Å². The van der Waals surface area contributed by atoms with Crippen LogP contribution in [0.5, 0.6) is 5.75 Å². The summed E-state index contributed by atoms with van der Waals surface area (Å²) in [4.78, 5) is 28.7. The number of carboxylic acid groups (broad SMARTS) is 1. The molecule has 0 amide bonds. The van der Waals surface area contributed by atoms with Gasteiger partial charge in [-0.1, -0.05) is 18.2 Å². The summed E-state index contributed by atoms with van der Waals surface area (Å²) in [5.41, 5.74) is 3.14. The number of benzene rings is 3. The minimum atomic E-state index is -1.14. The predicted molar refractivity (Wildman–Crippen MR) is 142 cm³/mol. The Hall–Kier alpha value is -3.83. The molecule has 1 heterocycles. The number of nitrogens with zero attached hydrogens (tertiary/aromatic N) is 1. The number of carbonyl (C=O) groups is 2. The van der Waals surface area contributed by atoms with Gasteiger partial charge in [0.1, 0.15) is 0 Å². The van der Waals surface area contributed by atoms with Gasteiger partial charge in [0, 0.05) is 5.56 Å². The fraction of sp³-hybridized carbons (Fsp3) is 0.207. The van der Waals surface area contributed by atoms with E-state index in [0.717, 1.165) is 26.9 Å². The molecule has 0 saturated heterocycles. The molecule has 0 spiro atoms. The van der Waals surface area contributed by atoms with Gasteiger partial charge in [-0.2, -0.15) is 0 Å². The van der Waals surface area contributed by atoms with E-state index in [1.165, 1.54) is 7.11 Å². The number of rotatable bonds is 11. The van der Waals surface area contributed by atoms with Crippen LogP contribution in [0, 0.1) is 6.92 Å². The first-order chi connectivity index (χ1) is 17.9. The van der Waals surface area contributed by atoms with Crippen molar-refractivity contribution >= 4 is 32.0 Å². The molecule has 37 heavy (non-hydrogen) atoms. The van der Waals surface area contributed by atoms with Crippen molar-refractivity contribution < 1.29 is 28.6 Å². The number of aromatic nitrogens is 1. The molecule has 0 fully saturated rings. The predicted octanol–water partition coefficient (Wildman–Crippen LogP) is 4.24. The number of carbonyl (C=O) groups excluding carboxylic acids is 1. The fourth-order valence-electron chi connectivity index (χ4n) is 3.87. The molecule has 1 unspecified atom stereocenters. The molecule has 190 valence electrons. The van der Waals surface area contributed by atoms with E-state index in [0.29, 0.717) is 36.7 Å². The first-order valence-electron chi connectivity index (χ1n) is 11.8. The van der Waals surface area contributed by atoms with Crippen molar-refractivity contribution in [2.24, 2.45) is 0 Å². The van der Waals surface area contributed by atoms with Crippen LogP contribution in [0.2, 0.25) is 4.71 Å². The number of hydrogen-bond acceptors (Lipinski definition) is 6. The first-order valence-corrected chi connectivity index (χ1v) is 14.1. The number of carboxylic acids is 1.